The fourth-order valence-corrected chi connectivity index (χ4v) is 2.28. The second kappa shape index (κ2) is 4.86. The first-order valence-electron chi connectivity index (χ1n) is 5.76. The highest BCUT2D eigenvalue weighted by Gasteiger charge is 2.02. The van der Waals surface area contributed by atoms with Crippen LogP contribution in [0.25, 0.3) is 10.9 Å². The lowest BCUT2D eigenvalue weighted by Gasteiger charge is -2.03. The highest BCUT2D eigenvalue weighted by atomic mass is 79.9. The highest BCUT2D eigenvalue weighted by molar-refractivity contribution is 9.10. The Balaban J connectivity index is 1.96. The van der Waals surface area contributed by atoms with Gasteiger partial charge in [0, 0.05) is 22.5 Å². The minimum atomic E-state index is 0.771. The van der Waals surface area contributed by atoms with Gasteiger partial charge in [-0.25, -0.2) is 9.97 Å². The lowest BCUT2D eigenvalue weighted by atomic mass is 10.1. The number of aromatic nitrogens is 2. The number of nitrogens with zero attached hydrogens (tertiary/aromatic N) is 2. The Morgan fingerprint density at radius 3 is 2.67 bits per heavy atom. The van der Waals surface area contributed by atoms with Gasteiger partial charge in [-0.05, 0) is 23.8 Å². The van der Waals surface area contributed by atoms with Crippen LogP contribution in [0, 0.1) is 0 Å². The van der Waals surface area contributed by atoms with Crippen molar-refractivity contribution in [3.63, 3.8) is 0 Å². The van der Waals surface area contributed by atoms with Gasteiger partial charge in [0.25, 0.3) is 0 Å². The summed E-state index contributed by atoms with van der Waals surface area (Å²) >= 11 is 3.45. The summed E-state index contributed by atoms with van der Waals surface area (Å²) in [5.41, 5.74) is 2.22. The van der Waals surface area contributed by atoms with Gasteiger partial charge in [0.15, 0.2) is 0 Å². The van der Waals surface area contributed by atoms with E-state index in [1.807, 2.05) is 42.6 Å². The average Bonchev–Trinajstić information content (AvgIpc) is 2.40. The molecule has 2 nitrogen and oxygen atoms in total. The number of fused-ring (bicyclic) bond motifs is 1. The minimum absolute atomic E-state index is 0.771. The lowest BCUT2D eigenvalue weighted by molar-refractivity contribution is 0.992. The van der Waals surface area contributed by atoms with Crippen LogP contribution in [0.2, 0.25) is 0 Å². The molecule has 3 heteroatoms. The largest absolute Gasteiger partial charge is 0.240 e. The Morgan fingerprint density at radius 2 is 1.83 bits per heavy atom. The summed E-state index contributed by atoms with van der Waals surface area (Å²) in [4.78, 5) is 8.99. The van der Waals surface area contributed by atoms with Gasteiger partial charge in [-0.1, -0.05) is 46.3 Å². The van der Waals surface area contributed by atoms with E-state index in [4.69, 9.17) is 0 Å². The third-order valence-electron chi connectivity index (χ3n) is 2.80. The van der Waals surface area contributed by atoms with Crippen LogP contribution in [-0.4, -0.2) is 9.97 Å². The van der Waals surface area contributed by atoms with E-state index >= 15 is 0 Å². The van der Waals surface area contributed by atoms with Crippen molar-refractivity contribution < 1.29 is 0 Å². The summed E-state index contributed by atoms with van der Waals surface area (Å²) < 4.78 is 1.05. The van der Waals surface area contributed by atoms with E-state index in [2.05, 4.69) is 38.0 Å². The van der Waals surface area contributed by atoms with Crippen molar-refractivity contribution in [1.82, 2.24) is 9.97 Å². The fraction of sp³-hybridized carbons (Fsp3) is 0.0667. The zero-order chi connectivity index (χ0) is 12.4. The van der Waals surface area contributed by atoms with Crippen LogP contribution in [0.15, 0.2) is 59.2 Å². The van der Waals surface area contributed by atoms with E-state index in [0.717, 1.165) is 27.6 Å². The van der Waals surface area contributed by atoms with Crippen molar-refractivity contribution in [2.24, 2.45) is 0 Å². The van der Waals surface area contributed by atoms with Gasteiger partial charge in [-0.2, -0.15) is 0 Å². The van der Waals surface area contributed by atoms with Gasteiger partial charge in [-0.3, -0.25) is 0 Å². The number of halogens is 1. The molecule has 0 fully saturated rings. The van der Waals surface area contributed by atoms with Crippen LogP contribution in [0.1, 0.15) is 11.4 Å². The first-order valence-corrected chi connectivity index (χ1v) is 6.56. The van der Waals surface area contributed by atoms with Gasteiger partial charge >= 0.3 is 0 Å². The van der Waals surface area contributed by atoms with Crippen molar-refractivity contribution in [1.29, 1.82) is 0 Å². The van der Waals surface area contributed by atoms with Crippen LogP contribution in [0.5, 0.6) is 0 Å². The average molecular weight is 299 g/mol. The second-order valence-electron chi connectivity index (χ2n) is 4.15. The van der Waals surface area contributed by atoms with Crippen molar-refractivity contribution in [2.45, 2.75) is 6.42 Å². The highest BCUT2D eigenvalue weighted by Crippen LogP contribution is 2.18. The molecule has 3 rings (SSSR count). The minimum Gasteiger partial charge on any atom is -0.240 e. The van der Waals surface area contributed by atoms with E-state index < -0.39 is 0 Å². The molecule has 0 N–H and O–H groups in total. The maximum Gasteiger partial charge on any atom is 0.133 e. The zero-order valence-corrected chi connectivity index (χ0v) is 11.3. The maximum absolute atomic E-state index is 4.58. The molecule has 18 heavy (non-hydrogen) atoms. The predicted molar refractivity (Wildman–Crippen MR) is 76.5 cm³/mol. The molecule has 88 valence electrons. The van der Waals surface area contributed by atoms with E-state index in [9.17, 15) is 0 Å². The topological polar surface area (TPSA) is 25.8 Å². The van der Waals surface area contributed by atoms with Crippen molar-refractivity contribution in [3.8, 4) is 0 Å². The smallest absolute Gasteiger partial charge is 0.133 e. The zero-order valence-electron chi connectivity index (χ0n) is 9.68. The van der Waals surface area contributed by atoms with Crippen LogP contribution in [0.3, 0.4) is 0 Å². The summed E-state index contributed by atoms with van der Waals surface area (Å²) in [6.07, 6.45) is 2.65. The van der Waals surface area contributed by atoms with Crippen LogP contribution in [-0.2, 0) is 6.42 Å². The standard InChI is InChI=1S/C15H11BrN2/c16-13-6-7-14-12(9-13)10-17-15(18-14)8-11-4-2-1-3-5-11/h1-7,9-10H,8H2. The Labute approximate surface area is 114 Å². The molecule has 0 aliphatic heterocycles. The molecule has 2 aromatic carbocycles. The molecule has 3 aromatic rings. The Bertz CT molecular complexity index is 680. The molecule has 1 aromatic heterocycles. The molecule has 1 heterocycles. The van der Waals surface area contributed by atoms with E-state index in [1.165, 1.54) is 5.56 Å². The molecule has 0 unspecified atom stereocenters. The summed E-state index contributed by atoms with van der Waals surface area (Å²) in [7, 11) is 0. The van der Waals surface area contributed by atoms with E-state index in [1.54, 1.807) is 0 Å². The predicted octanol–water partition coefficient (Wildman–Crippen LogP) is 3.98. The Kier molecular flexibility index (Phi) is 3.07. The Hall–Kier alpha value is -1.74. The third-order valence-corrected chi connectivity index (χ3v) is 3.29. The molecule has 0 saturated carbocycles. The molecular weight excluding hydrogens is 288 g/mol. The first-order chi connectivity index (χ1) is 8.81. The van der Waals surface area contributed by atoms with Gasteiger partial charge in [0.1, 0.15) is 5.82 Å². The van der Waals surface area contributed by atoms with Gasteiger partial charge < -0.3 is 0 Å². The summed E-state index contributed by atoms with van der Waals surface area (Å²) in [6, 6.07) is 16.3. The molecule has 0 bridgehead atoms. The van der Waals surface area contributed by atoms with Crippen molar-refractivity contribution in [3.05, 3.63) is 70.6 Å². The molecule has 0 amide bonds. The number of hydrogen-bond acceptors (Lipinski definition) is 2. The Morgan fingerprint density at radius 1 is 1.00 bits per heavy atom. The molecule has 0 aliphatic carbocycles. The normalized spacial score (nSPS) is 10.7. The van der Waals surface area contributed by atoms with Gasteiger partial charge in [0.05, 0.1) is 5.52 Å². The summed E-state index contributed by atoms with van der Waals surface area (Å²) in [5, 5.41) is 1.06. The summed E-state index contributed by atoms with van der Waals surface area (Å²) in [5.74, 6) is 0.857. The molecule has 0 atom stereocenters. The number of benzene rings is 2. The van der Waals surface area contributed by atoms with E-state index in [-0.39, 0.29) is 0 Å². The van der Waals surface area contributed by atoms with Crippen molar-refractivity contribution >= 4 is 26.8 Å². The fourth-order valence-electron chi connectivity index (χ4n) is 1.91. The van der Waals surface area contributed by atoms with Crippen LogP contribution >= 0.6 is 15.9 Å². The number of rotatable bonds is 2. The van der Waals surface area contributed by atoms with Gasteiger partial charge in [0.2, 0.25) is 0 Å². The lowest BCUT2D eigenvalue weighted by Crippen LogP contribution is -1.96. The molecule has 0 radical (unpaired) electrons. The first kappa shape index (κ1) is 11.4. The van der Waals surface area contributed by atoms with Crippen molar-refractivity contribution in [2.75, 3.05) is 0 Å². The second-order valence-corrected chi connectivity index (χ2v) is 5.07. The van der Waals surface area contributed by atoms with E-state index in [0.29, 0.717) is 0 Å². The third kappa shape index (κ3) is 2.41. The SMILES string of the molecule is Brc1ccc2nc(Cc3ccccc3)ncc2c1. The molecule has 0 spiro atoms. The number of hydrogen-bond donors (Lipinski definition) is 0. The quantitative estimate of drug-likeness (QED) is 0.715. The maximum atomic E-state index is 4.58. The molecule has 0 saturated heterocycles. The summed E-state index contributed by atoms with van der Waals surface area (Å²) in [6.45, 7) is 0. The van der Waals surface area contributed by atoms with Gasteiger partial charge in [-0.15, -0.1) is 0 Å². The monoisotopic (exact) mass is 298 g/mol. The van der Waals surface area contributed by atoms with Crippen LogP contribution < -0.4 is 0 Å². The van der Waals surface area contributed by atoms with Crippen LogP contribution in [0.4, 0.5) is 0 Å². The molecular formula is C15H11BrN2. The molecule has 0 aliphatic rings.